The minimum Gasteiger partial charge on any atom is -0.463 e. The smallest absolute Gasteiger partial charge is 0.264 e. The molecule has 4 aromatic heterocycles. The minimum absolute atomic E-state index is 0.120. The van der Waals surface area contributed by atoms with Crippen LogP contribution in [0.4, 0.5) is 19.0 Å². The lowest BCUT2D eigenvalue weighted by Gasteiger charge is -2.08. The summed E-state index contributed by atoms with van der Waals surface area (Å²) < 4.78 is 48.9. The van der Waals surface area contributed by atoms with Gasteiger partial charge in [0, 0.05) is 11.8 Å². The molecule has 184 valence electrons. The number of anilines is 1. The van der Waals surface area contributed by atoms with Gasteiger partial charge in [0.25, 0.3) is 6.43 Å². The van der Waals surface area contributed by atoms with Gasteiger partial charge in [0.15, 0.2) is 17.2 Å². The molecule has 0 spiro atoms. The molecular formula is C24H18ClF3N6O2. The highest BCUT2D eigenvalue weighted by Crippen LogP contribution is 2.33. The molecule has 0 saturated carbocycles. The SMILES string of the molecule is Cc1nn(CC(=O)Nc2nn(Cc3ccc(F)cc3)cc2Cl)c2nc(-c3ccco3)cc(C(F)F)c12. The lowest BCUT2D eigenvalue weighted by molar-refractivity contribution is -0.116. The van der Waals surface area contributed by atoms with Gasteiger partial charge in [-0.3, -0.25) is 9.48 Å². The molecule has 4 heterocycles. The van der Waals surface area contributed by atoms with Crippen LogP contribution in [-0.4, -0.2) is 30.5 Å². The fraction of sp³-hybridized carbons (Fsp3) is 0.167. The summed E-state index contributed by atoms with van der Waals surface area (Å²) >= 11 is 6.23. The number of carbonyl (C=O) groups excluding carboxylic acids is 1. The Balaban J connectivity index is 1.40. The number of carbonyl (C=O) groups is 1. The number of alkyl halides is 2. The average molecular weight is 515 g/mol. The molecule has 0 fully saturated rings. The van der Waals surface area contributed by atoms with Gasteiger partial charge < -0.3 is 9.73 Å². The second-order valence-corrected chi connectivity index (χ2v) is 8.42. The van der Waals surface area contributed by atoms with Crippen LogP contribution < -0.4 is 5.32 Å². The molecular weight excluding hydrogens is 497 g/mol. The van der Waals surface area contributed by atoms with E-state index in [0.29, 0.717) is 18.0 Å². The monoisotopic (exact) mass is 514 g/mol. The first-order valence-corrected chi connectivity index (χ1v) is 11.1. The number of pyridine rings is 1. The molecule has 36 heavy (non-hydrogen) atoms. The van der Waals surface area contributed by atoms with E-state index in [1.54, 1.807) is 31.2 Å². The summed E-state index contributed by atoms with van der Waals surface area (Å²) in [6.45, 7) is 1.57. The third-order valence-corrected chi connectivity index (χ3v) is 5.72. The maximum Gasteiger partial charge on any atom is 0.264 e. The van der Waals surface area contributed by atoms with Crippen LogP contribution in [0.5, 0.6) is 0 Å². The summed E-state index contributed by atoms with van der Waals surface area (Å²) in [6.07, 6.45) is 0.163. The van der Waals surface area contributed by atoms with Gasteiger partial charge >= 0.3 is 0 Å². The number of rotatable bonds is 7. The Morgan fingerprint density at radius 3 is 2.67 bits per heavy atom. The zero-order chi connectivity index (χ0) is 25.4. The van der Waals surface area contributed by atoms with Crippen molar-refractivity contribution in [3.8, 4) is 11.5 Å². The number of hydrogen-bond donors (Lipinski definition) is 1. The summed E-state index contributed by atoms with van der Waals surface area (Å²) in [6, 6.07) is 10.4. The highest BCUT2D eigenvalue weighted by atomic mass is 35.5. The van der Waals surface area contributed by atoms with Crippen molar-refractivity contribution >= 4 is 34.4 Å². The van der Waals surface area contributed by atoms with Crippen molar-refractivity contribution in [2.24, 2.45) is 0 Å². The van der Waals surface area contributed by atoms with Crippen molar-refractivity contribution in [1.29, 1.82) is 0 Å². The molecule has 0 aliphatic rings. The van der Waals surface area contributed by atoms with Crippen LogP contribution in [0.1, 0.15) is 23.2 Å². The molecule has 5 rings (SSSR count). The summed E-state index contributed by atoms with van der Waals surface area (Å²) in [7, 11) is 0. The Hall–Kier alpha value is -4.12. The minimum atomic E-state index is -2.78. The maximum atomic E-state index is 13.9. The van der Waals surface area contributed by atoms with Crippen LogP contribution in [-0.2, 0) is 17.9 Å². The topological polar surface area (TPSA) is 90.8 Å². The zero-order valence-corrected chi connectivity index (χ0v) is 19.5. The number of furan rings is 1. The van der Waals surface area contributed by atoms with Crippen molar-refractivity contribution in [2.75, 3.05) is 5.32 Å². The lowest BCUT2D eigenvalue weighted by Crippen LogP contribution is -2.20. The number of nitrogens with one attached hydrogen (secondary N) is 1. The van der Waals surface area contributed by atoms with Crippen LogP contribution in [0.3, 0.4) is 0 Å². The van der Waals surface area contributed by atoms with Crippen LogP contribution >= 0.6 is 11.6 Å². The normalized spacial score (nSPS) is 11.5. The van der Waals surface area contributed by atoms with E-state index in [9.17, 15) is 18.0 Å². The van der Waals surface area contributed by atoms with Crippen LogP contribution in [0.25, 0.3) is 22.5 Å². The van der Waals surface area contributed by atoms with E-state index in [2.05, 4.69) is 20.5 Å². The van der Waals surface area contributed by atoms with E-state index in [-0.39, 0.29) is 45.5 Å². The molecule has 1 aromatic carbocycles. The molecule has 12 heteroatoms. The summed E-state index contributed by atoms with van der Waals surface area (Å²) in [5, 5.41) is 11.5. The second-order valence-electron chi connectivity index (χ2n) is 8.01. The van der Waals surface area contributed by atoms with E-state index in [1.165, 1.54) is 40.0 Å². The van der Waals surface area contributed by atoms with Gasteiger partial charge in [0.05, 0.1) is 23.9 Å². The molecule has 0 aliphatic carbocycles. The molecule has 0 atom stereocenters. The predicted molar refractivity (Wildman–Crippen MR) is 126 cm³/mol. The van der Waals surface area contributed by atoms with Gasteiger partial charge in [-0.15, -0.1) is 0 Å². The third kappa shape index (κ3) is 4.69. The first kappa shape index (κ1) is 23.6. The number of nitrogens with zero attached hydrogens (tertiary/aromatic N) is 5. The summed E-state index contributed by atoms with van der Waals surface area (Å²) in [4.78, 5) is 17.2. The highest BCUT2D eigenvalue weighted by Gasteiger charge is 2.23. The molecule has 5 aromatic rings. The van der Waals surface area contributed by atoms with E-state index >= 15 is 0 Å². The Morgan fingerprint density at radius 1 is 1.19 bits per heavy atom. The number of hydrogen-bond acceptors (Lipinski definition) is 5. The maximum absolute atomic E-state index is 13.9. The molecule has 1 amide bonds. The summed E-state index contributed by atoms with van der Waals surface area (Å²) in [5.41, 5.74) is 1.18. The summed E-state index contributed by atoms with van der Waals surface area (Å²) in [5.74, 6) is -0.447. The quantitative estimate of drug-likeness (QED) is 0.305. The van der Waals surface area contributed by atoms with Gasteiger partial charge in [-0.1, -0.05) is 23.7 Å². The molecule has 0 aliphatic heterocycles. The van der Waals surface area contributed by atoms with Crippen molar-refractivity contribution < 1.29 is 22.4 Å². The van der Waals surface area contributed by atoms with Gasteiger partial charge in [-0.05, 0) is 42.8 Å². The zero-order valence-electron chi connectivity index (χ0n) is 18.8. The number of fused-ring (bicyclic) bond motifs is 1. The highest BCUT2D eigenvalue weighted by molar-refractivity contribution is 6.33. The largest absolute Gasteiger partial charge is 0.463 e. The predicted octanol–water partition coefficient (Wildman–Crippen LogP) is 5.61. The number of aryl methyl sites for hydroxylation is 1. The van der Waals surface area contributed by atoms with E-state index in [4.69, 9.17) is 16.0 Å². The van der Waals surface area contributed by atoms with Crippen LogP contribution in [0, 0.1) is 12.7 Å². The van der Waals surface area contributed by atoms with Gasteiger partial charge in [0.2, 0.25) is 5.91 Å². The van der Waals surface area contributed by atoms with Crippen molar-refractivity contribution in [2.45, 2.75) is 26.4 Å². The van der Waals surface area contributed by atoms with Gasteiger partial charge in [-0.2, -0.15) is 10.2 Å². The molecule has 0 radical (unpaired) electrons. The second kappa shape index (κ2) is 9.50. The Bertz CT molecular complexity index is 1540. The molecule has 0 saturated heterocycles. The first-order chi connectivity index (χ1) is 17.3. The standard InChI is InChI=1S/C24H18ClF3N6O2/c1-13-21-16(22(27)28)9-18(19-3-2-8-36-19)29-24(21)34(31-13)12-20(35)30-23-17(25)11-33(32-23)10-14-4-6-15(26)7-5-14/h2-9,11,22H,10,12H2,1H3,(H,30,32,35). The third-order valence-electron chi connectivity index (χ3n) is 5.44. The number of amides is 1. The number of aromatic nitrogens is 5. The number of halogens is 4. The molecule has 0 unspecified atom stereocenters. The van der Waals surface area contributed by atoms with E-state index in [0.717, 1.165) is 5.56 Å². The van der Waals surface area contributed by atoms with Gasteiger partial charge in [0.1, 0.15) is 23.1 Å². The molecule has 8 nitrogen and oxygen atoms in total. The Kier molecular flexibility index (Phi) is 6.23. The molecule has 1 N–H and O–H groups in total. The number of benzene rings is 1. The van der Waals surface area contributed by atoms with E-state index < -0.39 is 12.3 Å². The first-order valence-electron chi connectivity index (χ1n) is 10.8. The Labute approximate surface area is 207 Å². The van der Waals surface area contributed by atoms with Crippen molar-refractivity contribution in [3.63, 3.8) is 0 Å². The lowest BCUT2D eigenvalue weighted by atomic mass is 10.1. The van der Waals surface area contributed by atoms with Crippen molar-refractivity contribution in [1.82, 2.24) is 24.5 Å². The van der Waals surface area contributed by atoms with Crippen LogP contribution in [0.2, 0.25) is 5.02 Å². The Morgan fingerprint density at radius 2 is 1.97 bits per heavy atom. The van der Waals surface area contributed by atoms with Gasteiger partial charge in [-0.25, -0.2) is 22.8 Å². The van der Waals surface area contributed by atoms with Crippen molar-refractivity contribution in [3.05, 3.63) is 82.6 Å². The van der Waals surface area contributed by atoms with E-state index in [1.807, 2.05) is 0 Å². The fourth-order valence-corrected chi connectivity index (χ4v) is 4.06. The average Bonchev–Trinajstić information content (AvgIpc) is 3.56. The van der Waals surface area contributed by atoms with Crippen LogP contribution in [0.15, 0.2) is 59.3 Å². The fourth-order valence-electron chi connectivity index (χ4n) is 3.87. The molecule has 0 bridgehead atoms.